The van der Waals surface area contributed by atoms with Gasteiger partial charge in [0.05, 0.1) is 0 Å². The molecule has 0 unspecified atom stereocenters. The Hall–Kier alpha value is -3.99. The molecule has 0 aliphatic carbocycles. The van der Waals surface area contributed by atoms with Crippen molar-refractivity contribution in [1.82, 2.24) is 4.98 Å². The first-order valence-corrected chi connectivity index (χ1v) is 7.34. The van der Waals surface area contributed by atoms with E-state index in [0.29, 0.717) is 5.69 Å². The van der Waals surface area contributed by atoms with Crippen molar-refractivity contribution in [3.05, 3.63) is 65.2 Å². The normalized spacial score (nSPS) is 10.3. The van der Waals surface area contributed by atoms with Crippen LogP contribution in [-0.4, -0.2) is 21.9 Å². The van der Waals surface area contributed by atoms with Gasteiger partial charge in [-0.05, 0) is 42.5 Å². The number of nitrogens with two attached hydrogens (primary N) is 1. The summed E-state index contributed by atoms with van der Waals surface area (Å²) in [4.78, 5) is 27.3. The van der Waals surface area contributed by atoms with Crippen molar-refractivity contribution in [3.63, 3.8) is 0 Å². The molecular weight excluding hydrogens is 339 g/mol. The van der Waals surface area contributed by atoms with Crippen molar-refractivity contribution in [2.75, 3.05) is 5.32 Å². The molecule has 3 aromatic rings. The van der Waals surface area contributed by atoms with E-state index < -0.39 is 29.1 Å². The van der Waals surface area contributed by atoms with Gasteiger partial charge in [0.15, 0.2) is 11.4 Å². The Bertz CT molecular complexity index is 1090. The van der Waals surface area contributed by atoms with Gasteiger partial charge in [-0.1, -0.05) is 0 Å². The zero-order valence-electron chi connectivity index (χ0n) is 13.2. The van der Waals surface area contributed by atoms with Crippen molar-refractivity contribution < 1.29 is 19.1 Å². The molecule has 0 aliphatic rings. The third-order valence-electron chi connectivity index (χ3n) is 3.68. The van der Waals surface area contributed by atoms with E-state index in [-0.39, 0.29) is 22.0 Å². The summed E-state index contributed by atoms with van der Waals surface area (Å²) in [6.45, 7) is 0. The van der Waals surface area contributed by atoms with Crippen LogP contribution >= 0.6 is 0 Å². The fourth-order valence-corrected chi connectivity index (χ4v) is 2.44. The number of anilines is 1. The Morgan fingerprint density at radius 2 is 1.85 bits per heavy atom. The second kappa shape index (κ2) is 6.49. The predicted molar refractivity (Wildman–Crippen MR) is 91.0 cm³/mol. The molecule has 2 amide bonds. The van der Waals surface area contributed by atoms with Crippen LogP contribution in [0.15, 0.2) is 42.5 Å². The number of aromatic hydroxyl groups is 1. The molecule has 0 fully saturated rings. The zero-order valence-corrected chi connectivity index (χ0v) is 13.2. The predicted octanol–water partition coefficient (Wildman–Crippen LogP) is 2.30. The highest BCUT2D eigenvalue weighted by atomic mass is 19.1. The van der Waals surface area contributed by atoms with Gasteiger partial charge in [0.2, 0.25) is 0 Å². The summed E-state index contributed by atoms with van der Waals surface area (Å²) in [7, 11) is 0. The van der Waals surface area contributed by atoms with Crippen LogP contribution in [0, 0.1) is 17.1 Å². The van der Waals surface area contributed by atoms with Crippen molar-refractivity contribution in [2.24, 2.45) is 5.73 Å². The highest BCUT2D eigenvalue weighted by Crippen LogP contribution is 2.31. The molecule has 128 valence electrons. The van der Waals surface area contributed by atoms with Gasteiger partial charge in [-0.25, -0.2) is 9.37 Å². The number of nitrogens with zero attached hydrogens (tertiary/aromatic N) is 2. The summed E-state index contributed by atoms with van der Waals surface area (Å²) < 4.78 is 12.9. The summed E-state index contributed by atoms with van der Waals surface area (Å²) in [5.41, 5.74) is 5.20. The molecule has 0 spiro atoms. The maximum Gasteiger partial charge on any atom is 0.271 e. The Labute approximate surface area is 146 Å². The van der Waals surface area contributed by atoms with Crippen LogP contribution in [0.3, 0.4) is 0 Å². The minimum atomic E-state index is -0.963. The van der Waals surface area contributed by atoms with Crippen molar-refractivity contribution in [3.8, 4) is 11.8 Å². The third kappa shape index (κ3) is 3.01. The number of pyridine rings is 1. The quantitative estimate of drug-likeness (QED) is 0.667. The number of fused-ring (bicyclic) bond motifs is 1. The second-order valence-corrected chi connectivity index (χ2v) is 5.36. The smallest absolute Gasteiger partial charge is 0.271 e. The third-order valence-corrected chi connectivity index (χ3v) is 3.68. The maximum absolute atomic E-state index is 12.9. The highest BCUT2D eigenvalue weighted by molar-refractivity contribution is 6.07. The molecule has 0 bridgehead atoms. The lowest BCUT2D eigenvalue weighted by Crippen LogP contribution is -2.14. The van der Waals surface area contributed by atoms with Crippen LogP contribution in [-0.2, 0) is 0 Å². The first-order valence-electron chi connectivity index (χ1n) is 7.34. The number of hydrogen-bond donors (Lipinski definition) is 3. The number of amides is 2. The summed E-state index contributed by atoms with van der Waals surface area (Å²) in [6.07, 6.45) is 0. The Morgan fingerprint density at radius 1 is 1.15 bits per heavy atom. The fourth-order valence-electron chi connectivity index (χ4n) is 2.44. The minimum Gasteiger partial charge on any atom is -0.505 e. The lowest BCUT2D eigenvalue weighted by atomic mass is 10.1. The molecule has 7 nitrogen and oxygen atoms in total. The largest absolute Gasteiger partial charge is 0.505 e. The van der Waals surface area contributed by atoms with Gasteiger partial charge in [0.1, 0.15) is 17.6 Å². The highest BCUT2D eigenvalue weighted by Gasteiger charge is 2.18. The topological polar surface area (TPSA) is 129 Å². The number of aromatic nitrogens is 1. The number of hydrogen-bond acceptors (Lipinski definition) is 5. The van der Waals surface area contributed by atoms with Gasteiger partial charge in [0, 0.05) is 22.0 Å². The minimum absolute atomic E-state index is 0.121. The average Bonchev–Trinajstić information content (AvgIpc) is 2.62. The van der Waals surface area contributed by atoms with E-state index in [1.807, 2.05) is 6.07 Å². The van der Waals surface area contributed by atoms with Crippen LogP contribution in [0.25, 0.3) is 10.8 Å². The lowest BCUT2D eigenvalue weighted by molar-refractivity contribution is 0.0991. The Kier molecular flexibility index (Phi) is 4.21. The van der Waals surface area contributed by atoms with Gasteiger partial charge >= 0.3 is 0 Å². The number of nitriles is 1. The summed E-state index contributed by atoms with van der Waals surface area (Å²) in [5.74, 6) is -2.34. The van der Waals surface area contributed by atoms with Gasteiger partial charge in [-0.15, -0.1) is 0 Å². The van der Waals surface area contributed by atoms with Crippen LogP contribution in [0.5, 0.6) is 5.75 Å². The van der Waals surface area contributed by atoms with Crippen LogP contribution < -0.4 is 11.1 Å². The molecule has 0 radical (unpaired) electrons. The number of carbonyl (C=O) groups is 2. The number of halogens is 1. The number of benzene rings is 2. The van der Waals surface area contributed by atoms with E-state index in [1.54, 1.807) is 0 Å². The van der Waals surface area contributed by atoms with Crippen molar-refractivity contribution >= 4 is 28.3 Å². The molecule has 0 aliphatic heterocycles. The number of rotatable bonds is 3. The van der Waals surface area contributed by atoms with E-state index in [2.05, 4.69) is 10.3 Å². The maximum atomic E-state index is 12.9. The van der Waals surface area contributed by atoms with E-state index in [0.717, 1.165) is 12.1 Å². The monoisotopic (exact) mass is 350 g/mol. The molecule has 1 heterocycles. The molecule has 26 heavy (non-hydrogen) atoms. The van der Waals surface area contributed by atoms with E-state index >= 15 is 0 Å². The van der Waals surface area contributed by atoms with Crippen LogP contribution in [0.2, 0.25) is 0 Å². The number of nitrogens with one attached hydrogen (secondary N) is 1. The molecule has 2 aromatic carbocycles. The fraction of sp³-hybridized carbons (Fsp3) is 0. The van der Waals surface area contributed by atoms with Crippen molar-refractivity contribution in [2.45, 2.75) is 0 Å². The SMILES string of the molecule is N#Cc1nc(C(N)=O)c(O)c2ccc(NC(=O)c3ccc(F)cc3)cc12. The lowest BCUT2D eigenvalue weighted by Gasteiger charge is -2.10. The summed E-state index contributed by atoms with van der Waals surface area (Å²) in [5, 5.41) is 22.4. The van der Waals surface area contributed by atoms with Gasteiger partial charge in [-0.2, -0.15) is 5.26 Å². The van der Waals surface area contributed by atoms with Gasteiger partial charge in [0.25, 0.3) is 11.8 Å². The summed E-state index contributed by atoms with van der Waals surface area (Å²) in [6, 6.07) is 11.2. The molecule has 3 rings (SSSR count). The molecular formula is C18H11FN4O3. The average molecular weight is 350 g/mol. The number of primary amides is 1. The van der Waals surface area contributed by atoms with Gasteiger partial charge in [-0.3, -0.25) is 9.59 Å². The molecule has 4 N–H and O–H groups in total. The van der Waals surface area contributed by atoms with Crippen LogP contribution in [0.4, 0.5) is 10.1 Å². The molecule has 0 saturated carbocycles. The van der Waals surface area contributed by atoms with E-state index in [4.69, 9.17) is 5.73 Å². The molecule has 1 aromatic heterocycles. The Balaban J connectivity index is 2.03. The van der Waals surface area contributed by atoms with Gasteiger partial charge < -0.3 is 16.2 Å². The first kappa shape index (κ1) is 16.9. The number of carbonyl (C=O) groups excluding carboxylic acids is 2. The molecule has 0 atom stereocenters. The first-order chi connectivity index (χ1) is 12.4. The zero-order chi connectivity index (χ0) is 18.8. The van der Waals surface area contributed by atoms with E-state index in [9.17, 15) is 24.3 Å². The second-order valence-electron chi connectivity index (χ2n) is 5.36. The summed E-state index contributed by atoms with van der Waals surface area (Å²) >= 11 is 0. The van der Waals surface area contributed by atoms with Crippen molar-refractivity contribution in [1.29, 1.82) is 5.26 Å². The standard InChI is InChI=1S/C18H11FN4O3/c19-10-3-1-9(2-4-10)18(26)22-11-5-6-12-13(7-11)14(8-20)23-15(16(12)24)17(21)25/h1-7,24H,(H2,21,25)(H,22,26). The van der Waals surface area contributed by atoms with E-state index in [1.165, 1.54) is 30.3 Å². The van der Waals surface area contributed by atoms with Crippen LogP contribution in [0.1, 0.15) is 26.5 Å². The molecule has 0 saturated heterocycles. The Morgan fingerprint density at radius 3 is 2.46 bits per heavy atom. The molecule has 8 heteroatoms.